The smallest absolute Gasteiger partial charge is 0.326 e. The molecule has 7 atom stereocenters. The Balaban J connectivity index is 1.91. The summed E-state index contributed by atoms with van der Waals surface area (Å²) in [5.41, 5.74) is 39.3. The van der Waals surface area contributed by atoms with E-state index in [2.05, 4.69) is 31.3 Å². The number of carbonyl (C=O) groups is 5. The second kappa shape index (κ2) is 23.2. The minimum absolute atomic E-state index is 0.0228. The van der Waals surface area contributed by atoms with Crippen LogP contribution in [0.2, 0.25) is 0 Å². The largest absolute Gasteiger partial charge is 0.480 e. The number of aliphatic imine (C=N–C) groups is 2. The summed E-state index contributed by atoms with van der Waals surface area (Å²) in [5, 5.41) is 20.6. The molecule has 2 unspecified atom stereocenters. The number of hydrogen-bond acceptors (Lipinski definition) is 10. The van der Waals surface area contributed by atoms with Crippen molar-refractivity contribution >= 4 is 41.6 Å². The average Bonchev–Trinajstić information content (AvgIpc) is 3.49. The number of carbonyl (C=O) groups excluding carboxylic acids is 4. The molecule has 0 aromatic rings. The van der Waals surface area contributed by atoms with E-state index in [0.29, 0.717) is 64.5 Å². The number of nitrogens with one attached hydrogen (secondary N) is 4. The van der Waals surface area contributed by atoms with E-state index < -0.39 is 47.9 Å². The third-order valence-electron chi connectivity index (χ3n) is 9.39. The van der Waals surface area contributed by atoms with E-state index in [1.54, 1.807) is 4.90 Å². The summed E-state index contributed by atoms with van der Waals surface area (Å²) in [6.45, 7) is 1.41. The Kier molecular flexibility index (Phi) is 19.5. The molecule has 0 aromatic heterocycles. The van der Waals surface area contributed by atoms with E-state index >= 15 is 0 Å². The molecule has 0 spiro atoms. The number of fused-ring (bicyclic) bond motifs is 1. The summed E-state index contributed by atoms with van der Waals surface area (Å²) in [5.74, 6) is -2.75. The fourth-order valence-corrected chi connectivity index (χ4v) is 6.69. The number of unbranched alkanes of at least 4 members (excludes halogenated alkanes) is 1. The maximum absolute atomic E-state index is 14.1. The first-order valence-electron chi connectivity index (χ1n) is 18.2. The van der Waals surface area contributed by atoms with Crippen LogP contribution < -0.4 is 61.4 Å². The van der Waals surface area contributed by atoms with Crippen LogP contribution in [0.25, 0.3) is 0 Å². The fourth-order valence-electron chi connectivity index (χ4n) is 6.69. The predicted octanol–water partition coefficient (Wildman–Crippen LogP) is -3.22. The van der Waals surface area contributed by atoms with Crippen molar-refractivity contribution < 1.29 is 29.1 Å². The highest BCUT2D eigenvalue weighted by Crippen LogP contribution is 2.40. The number of guanidine groups is 2. The van der Waals surface area contributed by atoms with Crippen molar-refractivity contribution in [3.8, 4) is 0 Å². The lowest BCUT2D eigenvalue weighted by Crippen LogP contribution is -2.59. The normalized spacial score (nSPS) is 20.3. The van der Waals surface area contributed by atoms with Crippen molar-refractivity contribution in [2.75, 3.05) is 32.7 Å². The standard InChI is InChI=1S/C32H62N14O6/c33-13-12-22(44-26(47)21(35)9-3-4-14-42-32(52)43-18-20(34)8-5-15-40-30(36)37)28(49)46-24-11-2-1-7-19(24)17-25(46)27(48)45-23(29(50)51)10-6-16-41-31(38)39/h19-25H,1-18,33-35H2,(H,44,47)(H,45,48)(H,50,51)(H4,36,37,40)(H4,38,39,41)(H2,42,43,52)/t19?,20-,21-,22+,23-,24?,25-/m0/s1. The third-order valence-corrected chi connectivity index (χ3v) is 9.39. The summed E-state index contributed by atoms with van der Waals surface area (Å²) in [6.07, 6.45) is 7.04. The highest BCUT2D eigenvalue weighted by atomic mass is 16.4. The first-order chi connectivity index (χ1) is 24.7. The van der Waals surface area contributed by atoms with Gasteiger partial charge in [-0.15, -0.1) is 0 Å². The van der Waals surface area contributed by atoms with Crippen molar-refractivity contribution in [3.63, 3.8) is 0 Å². The number of aliphatic carboxylic acids is 1. The van der Waals surface area contributed by atoms with Gasteiger partial charge in [-0.25, -0.2) is 9.59 Å². The molecule has 5 amide bonds. The van der Waals surface area contributed by atoms with Crippen molar-refractivity contribution in [1.29, 1.82) is 0 Å². The Morgan fingerprint density at radius 3 is 2.08 bits per heavy atom. The van der Waals surface area contributed by atoms with Gasteiger partial charge in [0.15, 0.2) is 11.9 Å². The van der Waals surface area contributed by atoms with Crippen molar-refractivity contribution in [2.24, 2.45) is 56.0 Å². The van der Waals surface area contributed by atoms with E-state index in [1.807, 2.05) is 0 Å². The number of carboxylic acid groups (broad SMARTS) is 1. The molecule has 0 radical (unpaired) electrons. The van der Waals surface area contributed by atoms with E-state index in [4.69, 9.17) is 40.1 Å². The topological polar surface area (TPSA) is 364 Å². The number of carboxylic acids is 1. The van der Waals surface area contributed by atoms with Crippen molar-refractivity contribution in [2.45, 2.75) is 120 Å². The number of rotatable bonds is 23. The van der Waals surface area contributed by atoms with Crippen molar-refractivity contribution in [3.05, 3.63) is 0 Å². The number of nitrogens with zero attached hydrogens (tertiary/aromatic N) is 3. The lowest BCUT2D eigenvalue weighted by atomic mass is 9.84. The van der Waals surface area contributed by atoms with Crippen LogP contribution >= 0.6 is 0 Å². The number of amides is 5. The monoisotopic (exact) mass is 738 g/mol. The van der Waals surface area contributed by atoms with E-state index in [9.17, 15) is 29.1 Å². The molecule has 20 heteroatoms. The highest BCUT2D eigenvalue weighted by Gasteiger charge is 2.49. The molecule has 1 saturated heterocycles. The van der Waals surface area contributed by atoms with E-state index in [1.165, 1.54) is 0 Å². The predicted molar refractivity (Wildman–Crippen MR) is 197 cm³/mol. The van der Waals surface area contributed by atoms with Crippen LogP contribution in [0, 0.1) is 5.92 Å². The average molecular weight is 739 g/mol. The Labute approximate surface area is 305 Å². The van der Waals surface area contributed by atoms with Gasteiger partial charge in [0.25, 0.3) is 0 Å². The molecule has 52 heavy (non-hydrogen) atoms. The molecule has 2 rings (SSSR count). The van der Waals surface area contributed by atoms with Gasteiger partial charge in [-0.3, -0.25) is 24.4 Å². The van der Waals surface area contributed by atoms with Gasteiger partial charge in [0, 0.05) is 38.3 Å². The summed E-state index contributed by atoms with van der Waals surface area (Å²) >= 11 is 0. The minimum Gasteiger partial charge on any atom is -0.480 e. The van der Waals surface area contributed by atoms with Crippen LogP contribution in [-0.2, 0) is 19.2 Å². The molecule has 20 nitrogen and oxygen atoms in total. The van der Waals surface area contributed by atoms with Crippen LogP contribution in [0.1, 0.15) is 83.5 Å². The zero-order valence-electron chi connectivity index (χ0n) is 30.1. The molecule has 1 heterocycles. The lowest BCUT2D eigenvalue weighted by molar-refractivity contribution is -0.146. The molecule has 19 N–H and O–H groups in total. The molecular formula is C32H62N14O6. The van der Waals surface area contributed by atoms with Crippen LogP contribution in [0.3, 0.4) is 0 Å². The minimum atomic E-state index is -1.21. The molecule has 2 fully saturated rings. The molecule has 1 saturated carbocycles. The Morgan fingerprint density at radius 2 is 1.44 bits per heavy atom. The summed E-state index contributed by atoms with van der Waals surface area (Å²) in [4.78, 5) is 74.2. The maximum atomic E-state index is 14.1. The van der Waals surface area contributed by atoms with Gasteiger partial charge in [-0.05, 0) is 83.1 Å². The first kappa shape index (κ1) is 43.7. The second-order valence-electron chi connectivity index (χ2n) is 13.5. The van der Waals surface area contributed by atoms with Gasteiger partial charge in [-0.1, -0.05) is 12.8 Å². The first-order valence-corrected chi connectivity index (χ1v) is 18.2. The summed E-state index contributed by atoms with van der Waals surface area (Å²) < 4.78 is 0. The number of urea groups is 1. The van der Waals surface area contributed by atoms with Gasteiger partial charge < -0.3 is 71.4 Å². The van der Waals surface area contributed by atoms with E-state index in [-0.39, 0.29) is 68.4 Å². The molecule has 0 bridgehead atoms. The Morgan fingerprint density at radius 1 is 0.788 bits per heavy atom. The van der Waals surface area contributed by atoms with Crippen molar-refractivity contribution in [1.82, 2.24) is 26.2 Å². The van der Waals surface area contributed by atoms with Gasteiger partial charge in [-0.2, -0.15) is 0 Å². The zero-order valence-corrected chi connectivity index (χ0v) is 30.1. The van der Waals surface area contributed by atoms with Crippen LogP contribution in [0.4, 0.5) is 4.79 Å². The van der Waals surface area contributed by atoms with Gasteiger partial charge in [0.05, 0.1) is 6.04 Å². The van der Waals surface area contributed by atoms with Gasteiger partial charge >= 0.3 is 12.0 Å². The van der Waals surface area contributed by atoms with Gasteiger partial charge in [0.1, 0.15) is 18.1 Å². The molecular weight excluding hydrogens is 676 g/mol. The summed E-state index contributed by atoms with van der Waals surface area (Å²) in [7, 11) is 0. The Hall–Kier alpha value is -4.43. The molecule has 2 aliphatic rings. The van der Waals surface area contributed by atoms with Crippen LogP contribution in [0.5, 0.6) is 0 Å². The zero-order chi connectivity index (χ0) is 38.6. The number of likely N-dealkylation sites (tertiary alicyclic amines) is 1. The fraction of sp³-hybridized carbons (Fsp3) is 0.781. The van der Waals surface area contributed by atoms with Crippen LogP contribution in [0.15, 0.2) is 9.98 Å². The number of hydrogen-bond donors (Lipinski definition) is 12. The molecule has 1 aliphatic carbocycles. The second-order valence-corrected chi connectivity index (χ2v) is 13.5. The van der Waals surface area contributed by atoms with Gasteiger partial charge in [0.2, 0.25) is 17.7 Å². The highest BCUT2D eigenvalue weighted by molar-refractivity contribution is 5.95. The molecule has 1 aliphatic heterocycles. The lowest BCUT2D eigenvalue weighted by Gasteiger charge is -2.36. The maximum Gasteiger partial charge on any atom is 0.326 e. The third kappa shape index (κ3) is 15.4. The molecule has 296 valence electrons. The van der Waals surface area contributed by atoms with Crippen LogP contribution in [-0.4, -0.2) is 121 Å². The molecule has 0 aromatic carbocycles. The summed E-state index contributed by atoms with van der Waals surface area (Å²) in [6, 6.07) is -4.86. The number of nitrogens with two attached hydrogens (primary N) is 7. The SMILES string of the molecule is NCC[C@@H](NC(=O)[C@@H](N)CCCCNC(=O)NC[C@@H](N)CCCN=C(N)N)C(=O)N1C2CCCCC2C[C@H]1C(=O)N[C@@H](CCCN=C(N)N)C(=O)O. The van der Waals surface area contributed by atoms with E-state index in [0.717, 1.165) is 19.3 Å². The Bertz CT molecular complexity index is 1230. The quantitative estimate of drug-likeness (QED) is 0.0279.